The molecule has 0 aliphatic rings. The van der Waals surface area contributed by atoms with Crippen LogP contribution >= 0.6 is 0 Å². The molecule has 2 aromatic carbocycles. The average molecular weight is 291 g/mol. The third-order valence-electron chi connectivity index (χ3n) is 3.28. The monoisotopic (exact) mass is 291 g/mol. The maximum atomic E-state index is 13.6. The molecule has 0 radical (unpaired) electrons. The molecule has 0 amide bonds. The molecule has 1 unspecified atom stereocenters. The Balaban J connectivity index is 2.47. The van der Waals surface area contributed by atoms with E-state index in [1.54, 1.807) is 19.2 Å². The van der Waals surface area contributed by atoms with Crippen LogP contribution in [0.4, 0.5) is 8.78 Å². The lowest BCUT2D eigenvalue weighted by molar-refractivity contribution is 0.402. The van der Waals surface area contributed by atoms with E-state index >= 15 is 0 Å². The van der Waals surface area contributed by atoms with Gasteiger partial charge in [0.25, 0.3) is 0 Å². The second-order valence-electron chi connectivity index (χ2n) is 4.83. The smallest absolute Gasteiger partial charge is 0.124 e. The number of halogens is 2. The topological polar surface area (TPSA) is 21.3 Å². The van der Waals surface area contributed by atoms with E-state index in [0.717, 1.165) is 18.5 Å². The first-order valence-corrected chi connectivity index (χ1v) is 6.98. The number of hydrogen-bond acceptors (Lipinski definition) is 2. The van der Waals surface area contributed by atoms with E-state index in [9.17, 15) is 8.78 Å². The summed E-state index contributed by atoms with van der Waals surface area (Å²) in [6, 6.07) is 10.4. The van der Waals surface area contributed by atoms with Gasteiger partial charge < -0.3 is 10.1 Å². The summed E-state index contributed by atoms with van der Waals surface area (Å²) in [5.74, 6) is -0.0778. The van der Waals surface area contributed by atoms with E-state index in [-0.39, 0.29) is 17.7 Å². The van der Waals surface area contributed by atoms with E-state index in [2.05, 4.69) is 5.32 Å². The highest BCUT2D eigenvalue weighted by Gasteiger charge is 2.19. The van der Waals surface area contributed by atoms with E-state index in [1.807, 2.05) is 13.0 Å². The molecule has 0 aliphatic carbocycles. The maximum Gasteiger partial charge on any atom is 0.124 e. The molecular formula is C17H19F2NO. The van der Waals surface area contributed by atoms with Crippen LogP contribution in [0, 0.1) is 11.6 Å². The number of rotatable bonds is 6. The summed E-state index contributed by atoms with van der Waals surface area (Å²) in [5, 5.41) is 3.32. The largest absolute Gasteiger partial charge is 0.496 e. The highest BCUT2D eigenvalue weighted by molar-refractivity contribution is 5.42. The standard InChI is InChI=1S/C17H19F2NO/c1-3-9-20-17(12-5-4-6-13(18)10-12)15-11-14(19)7-8-16(15)21-2/h4-8,10-11,17,20H,3,9H2,1-2H3. The quantitative estimate of drug-likeness (QED) is 0.866. The Morgan fingerprint density at radius 2 is 1.86 bits per heavy atom. The van der Waals surface area contributed by atoms with Gasteiger partial charge >= 0.3 is 0 Å². The van der Waals surface area contributed by atoms with E-state index in [1.165, 1.54) is 24.3 Å². The molecule has 0 heterocycles. The van der Waals surface area contributed by atoms with Crippen LogP contribution in [0.15, 0.2) is 42.5 Å². The van der Waals surface area contributed by atoms with Crippen LogP contribution in [0.1, 0.15) is 30.5 Å². The highest BCUT2D eigenvalue weighted by atomic mass is 19.1. The fourth-order valence-corrected chi connectivity index (χ4v) is 2.31. The second kappa shape index (κ2) is 7.18. The Morgan fingerprint density at radius 3 is 2.52 bits per heavy atom. The van der Waals surface area contributed by atoms with E-state index in [4.69, 9.17) is 4.74 Å². The summed E-state index contributed by atoms with van der Waals surface area (Å²) in [6.45, 7) is 2.78. The van der Waals surface area contributed by atoms with Crippen molar-refractivity contribution in [1.82, 2.24) is 5.32 Å². The highest BCUT2D eigenvalue weighted by Crippen LogP contribution is 2.31. The van der Waals surface area contributed by atoms with Crippen LogP contribution in [0.2, 0.25) is 0 Å². The van der Waals surface area contributed by atoms with Gasteiger partial charge in [-0.05, 0) is 48.9 Å². The van der Waals surface area contributed by atoms with Crippen molar-refractivity contribution in [3.05, 3.63) is 65.2 Å². The van der Waals surface area contributed by atoms with Crippen LogP contribution in [0.25, 0.3) is 0 Å². The predicted molar refractivity (Wildman–Crippen MR) is 79.5 cm³/mol. The Morgan fingerprint density at radius 1 is 1.10 bits per heavy atom. The molecule has 21 heavy (non-hydrogen) atoms. The van der Waals surface area contributed by atoms with Gasteiger partial charge in [-0.3, -0.25) is 0 Å². The molecule has 112 valence electrons. The van der Waals surface area contributed by atoms with Gasteiger partial charge in [0.05, 0.1) is 13.2 Å². The first-order valence-electron chi connectivity index (χ1n) is 6.98. The molecule has 0 saturated heterocycles. The second-order valence-corrected chi connectivity index (χ2v) is 4.83. The molecule has 0 spiro atoms. The summed E-state index contributed by atoms with van der Waals surface area (Å²) in [4.78, 5) is 0. The average Bonchev–Trinajstić information content (AvgIpc) is 2.48. The van der Waals surface area contributed by atoms with Crippen LogP contribution in [0.3, 0.4) is 0 Å². The third kappa shape index (κ3) is 3.79. The minimum absolute atomic E-state index is 0.314. The summed E-state index contributed by atoms with van der Waals surface area (Å²) in [6.07, 6.45) is 0.920. The molecule has 0 aromatic heterocycles. The van der Waals surface area contributed by atoms with Crippen molar-refractivity contribution in [3.8, 4) is 5.75 Å². The van der Waals surface area contributed by atoms with Crippen molar-refractivity contribution in [1.29, 1.82) is 0 Å². The Hall–Kier alpha value is -1.94. The molecule has 0 saturated carbocycles. The Labute approximate surface area is 123 Å². The van der Waals surface area contributed by atoms with Gasteiger partial charge in [-0.1, -0.05) is 19.1 Å². The summed E-state index contributed by atoms with van der Waals surface area (Å²) >= 11 is 0. The zero-order chi connectivity index (χ0) is 15.2. The summed E-state index contributed by atoms with van der Waals surface area (Å²) in [7, 11) is 1.54. The summed E-state index contributed by atoms with van der Waals surface area (Å²) in [5.41, 5.74) is 1.41. The minimum atomic E-state index is -0.342. The number of benzene rings is 2. The number of nitrogens with one attached hydrogen (secondary N) is 1. The molecule has 2 aromatic rings. The zero-order valence-corrected chi connectivity index (χ0v) is 12.2. The molecule has 0 fully saturated rings. The van der Waals surface area contributed by atoms with Crippen molar-refractivity contribution in [3.63, 3.8) is 0 Å². The SMILES string of the molecule is CCCNC(c1cccc(F)c1)c1cc(F)ccc1OC. The Bertz CT molecular complexity index is 601. The third-order valence-corrected chi connectivity index (χ3v) is 3.28. The van der Waals surface area contributed by atoms with Gasteiger partial charge in [0.15, 0.2) is 0 Å². The summed E-state index contributed by atoms with van der Waals surface area (Å²) < 4.78 is 32.4. The van der Waals surface area contributed by atoms with Gasteiger partial charge in [0, 0.05) is 5.56 Å². The van der Waals surface area contributed by atoms with Gasteiger partial charge in [-0.25, -0.2) is 8.78 Å². The molecule has 0 aliphatic heterocycles. The zero-order valence-electron chi connectivity index (χ0n) is 12.2. The number of hydrogen-bond donors (Lipinski definition) is 1. The van der Waals surface area contributed by atoms with Crippen molar-refractivity contribution < 1.29 is 13.5 Å². The van der Waals surface area contributed by atoms with E-state index < -0.39 is 0 Å². The lowest BCUT2D eigenvalue weighted by Gasteiger charge is -2.22. The van der Waals surface area contributed by atoms with Crippen molar-refractivity contribution in [2.24, 2.45) is 0 Å². The molecule has 2 nitrogen and oxygen atoms in total. The van der Waals surface area contributed by atoms with Crippen molar-refractivity contribution >= 4 is 0 Å². The molecule has 0 bridgehead atoms. The van der Waals surface area contributed by atoms with Gasteiger partial charge in [-0.2, -0.15) is 0 Å². The molecular weight excluding hydrogens is 272 g/mol. The first-order chi connectivity index (χ1) is 10.2. The lowest BCUT2D eigenvalue weighted by Crippen LogP contribution is -2.24. The van der Waals surface area contributed by atoms with Gasteiger partial charge in [0.2, 0.25) is 0 Å². The molecule has 2 rings (SSSR count). The Kier molecular flexibility index (Phi) is 5.28. The molecule has 1 N–H and O–H groups in total. The van der Waals surface area contributed by atoms with Gasteiger partial charge in [-0.15, -0.1) is 0 Å². The van der Waals surface area contributed by atoms with Crippen molar-refractivity contribution in [2.75, 3.05) is 13.7 Å². The van der Waals surface area contributed by atoms with Crippen LogP contribution in [0.5, 0.6) is 5.75 Å². The number of methoxy groups -OCH3 is 1. The van der Waals surface area contributed by atoms with Crippen LogP contribution in [-0.4, -0.2) is 13.7 Å². The fraction of sp³-hybridized carbons (Fsp3) is 0.294. The molecule has 1 atom stereocenters. The number of ether oxygens (including phenoxy) is 1. The van der Waals surface area contributed by atoms with Crippen LogP contribution in [-0.2, 0) is 0 Å². The normalized spacial score (nSPS) is 12.2. The molecule has 4 heteroatoms. The fourth-order valence-electron chi connectivity index (χ4n) is 2.31. The lowest BCUT2D eigenvalue weighted by atomic mass is 9.97. The minimum Gasteiger partial charge on any atom is -0.496 e. The predicted octanol–water partition coefficient (Wildman–Crippen LogP) is 4.06. The van der Waals surface area contributed by atoms with Gasteiger partial charge in [0.1, 0.15) is 17.4 Å². The maximum absolute atomic E-state index is 13.6. The van der Waals surface area contributed by atoms with Crippen molar-refractivity contribution in [2.45, 2.75) is 19.4 Å². The van der Waals surface area contributed by atoms with Crippen LogP contribution < -0.4 is 10.1 Å². The van der Waals surface area contributed by atoms with E-state index in [0.29, 0.717) is 11.3 Å². The first kappa shape index (κ1) is 15.4.